The Bertz CT molecular complexity index is 971. The van der Waals surface area contributed by atoms with Crippen LogP contribution < -0.4 is 27.4 Å². The average Bonchev–Trinajstić information content (AvgIpc) is 2.83. The van der Waals surface area contributed by atoms with E-state index in [9.17, 15) is 33.9 Å². The van der Waals surface area contributed by atoms with Gasteiger partial charge in [-0.15, -0.1) is 0 Å². The summed E-state index contributed by atoms with van der Waals surface area (Å²) in [6.07, 6.45) is -0.915. The standard InChI is InChI=1S/C24H35N5O8/c1-3-13(2)20(29-21(33)15(25)11-14-7-5-4-6-8-14)23(35)28-17(12-18(26)30)22(34)27-16(24(36)37)9-10-19(31)32/h4-8,13,15-17,20H,3,9-12,25H2,1-2H3,(H2,26,30)(H,27,34)(H,28,35)(H,29,33)(H,31,32)(H,36,37). The topological polar surface area (TPSA) is 231 Å². The molecule has 37 heavy (non-hydrogen) atoms. The maximum absolute atomic E-state index is 13.1. The molecule has 0 fully saturated rings. The second-order valence-electron chi connectivity index (χ2n) is 8.73. The zero-order valence-corrected chi connectivity index (χ0v) is 20.8. The molecule has 5 atom stereocenters. The van der Waals surface area contributed by atoms with Gasteiger partial charge in [0.1, 0.15) is 18.1 Å². The molecule has 4 amide bonds. The van der Waals surface area contributed by atoms with E-state index in [1.165, 1.54) is 0 Å². The van der Waals surface area contributed by atoms with E-state index in [0.29, 0.717) is 6.42 Å². The van der Waals surface area contributed by atoms with E-state index in [2.05, 4.69) is 16.0 Å². The summed E-state index contributed by atoms with van der Waals surface area (Å²) < 4.78 is 0. The summed E-state index contributed by atoms with van der Waals surface area (Å²) >= 11 is 0. The van der Waals surface area contributed by atoms with E-state index >= 15 is 0 Å². The quantitative estimate of drug-likeness (QED) is 0.139. The number of rotatable bonds is 16. The van der Waals surface area contributed by atoms with Crippen LogP contribution in [-0.4, -0.2) is 69.9 Å². The maximum atomic E-state index is 13.1. The molecule has 9 N–H and O–H groups in total. The molecule has 13 nitrogen and oxygen atoms in total. The predicted molar refractivity (Wildman–Crippen MR) is 132 cm³/mol. The number of aliphatic carboxylic acids is 2. The van der Waals surface area contributed by atoms with Gasteiger partial charge in [0.05, 0.1) is 12.5 Å². The van der Waals surface area contributed by atoms with Crippen molar-refractivity contribution in [1.29, 1.82) is 0 Å². The first-order valence-electron chi connectivity index (χ1n) is 11.8. The fraction of sp³-hybridized carbons (Fsp3) is 0.500. The van der Waals surface area contributed by atoms with Gasteiger partial charge in [-0.25, -0.2) is 4.79 Å². The van der Waals surface area contributed by atoms with Crippen molar-refractivity contribution in [2.45, 2.75) is 70.1 Å². The van der Waals surface area contributed by atoms with Gasteiger partial charge in [0, 0.05) is 6.42 Å². The van der Waals surface area contributed by atoms with Crippen LogP contribution in [0.25, 0.3) is 0 Å². The molecule has 0 aromatic heterocycles. The first kappa shape index (κ1) is 31.0. The summed E-state index contributed by atoms with van der Waals surface area (Å²) in [4.78, 5) is 72.3. The smallest absolute Gasteiger partial charge is 0.326 e. The Balaban J connectivity index is 2.99. The normalized spacial score (nSPS) is 14.8. The number of primary amides is 1. The summed E-state index contributed by atoms with van der Waals surface area (Å²) in [6.45, 7) is 3.48. The molecule has 1 aromatic carbocycles. The lowest BCUT2D eigenvalue weighted by atomic mass is 9.96. The SMILES string of the molecule is CCC(C)C(NC(=O)C(N)Cc1ccccc1)C(=O)NC(CC(N)=O)C(=O)NC(CCC(=O)O)C(=O)O. The van der Waals surface area contributed by atoms with Crippen molar-refractivity contribution in [3.8, 4) is 0 Å². The molecule has 0 spiro atoms. The van der Waals surface area contributed by atoms with Crippen molar-refractivity contribution in [3.05, 3.63) is 35.9 Å². The van der Waals surface area contributed by atoms with Gasteiger partial charge >= 0.3 is 11.9 Å². The number of carbonyl (C=O) groups is 6. The van der Waals surface area contributed by atoms with Crippen LogP contribution in [0.1, 0.15) is 45.1 Å². The monoisotopic (exact) mass is 521 g/mol. The number of carboxylic acids is 2. The first-order chi connectivity index (χ1) is 17.3. The molecule has 1 aromatic rings. The van der Waals surface area contributed by atoms with E-state index in [0.717, 1.165) is 5.56 Å². The number of nitrogens with one attached hydrogen (secondary N) is 3. The molecule has 0 aliphatic rings. The summed E-state index contributed by atoms with van der Waals surface area (Å²) in [5, 5.41) is 25.1. The molecule has 0 saturated heterocycles. The van der Waals surface area contributed by atoms with Crippen LogP contribution in [0.4, 0.5) is 0 Å². The molecule has 0 saturated carbocycles. The van der Waals surface area contributed by atoms with Crippen LogP contribution in [0.15, 0.2) is 30.3 Å². The largest absolute Gasteiger partial charge is 0.481 e. The zero-order valence-electron chi connectivity index (χ0n) is 20.8. The molecule has 5 unspecified atom stereocenters. The van der Waals surface area contributed by atoms with Gasteiger partial charge in [0.2, 0.25) is 23.6 Å². The third kappa shape index (κ3) is 11.1. The number of carboxylic acid groups (broad SMARTS) is 2. The van der Waals surface area contributed by atoms with Crippen LogP contribution in [0, 0.1) is 5.92 Å². The van der Waals surface area contributed by atoms with Gasteiger partial charge in [-0.3, -0.25) is 24.0 Å². The van der Waals surface area contributed by atoms with Crippen LogP contribution in [0.3, 0.4) is 0 Å². The van der Waals surface area contributed by atoms with Crippen molar-refractivity contribution in [1.82, 2.24) is 16.0 Å². The highest BCUT2D eigenvalue weighted by Gasteiger charge is 2.33. The molecular formula is C24H35N5O8. The predicted octanol–water partition coefficient (Wildman–Crippen LogP) is -1.12. The summed E-state index contributed by atoms with van der Waals surface area (Å²) in [7, 11) is 0. The number of hydrogen-bond donors (Lipinski definition) is 7. The van der Waals surface area contributed by atoms with E-state index in [-0.39, 0.29) is 6.42 Å². The van der Waals surface area contributed by atoms with Crippen molar-refractivity contribution in [2.24, 2.45) is 17.4 Å². The van der Waals surface area contributed by atoms with E-state index in [1.807, 2.05) is 6.07 Å². The molecule has 0 aliphatic carbocycles. The highest BCUT2D eigenvalue weighted by atomic mass is 16.4. The molecule has 13 heteroatoms. The number of amides is 4. The first-order valence-corrected chi connectivity index (χ1v) is 11.8. The van der Waals surface area contributed by atoms with E-state index in [4.69, 9.17) is 16.6 Å². The van der Waals surface area contributed by atoms with Gasteiger partial charge in [-0.2, -0.15) is 0 Å². The van der Waals surface area contributed by atoms with E-state index < -0.39 is 84.9 Å². The van der Waals surface area contributed by atoms with Crippen LogP contribution in [0.2, 0.25) is 0 Å². The zero-order chi connectivity index (χ0) is 28.1. The lowest BCUT2D eigenvalue weighted by Crippen LogP contribution is -2.59. The fourth-order valence-electron chi connectivity index (χ4n) is 3.39. The Kier molecular flexibility index (Phi) is 12.7. The summed E-state index contributed by atoms with van der Waals surface area (Å²) in [6, 6.07) is 3.82. The van der Waals surface area contributed by atoms with E-state index in [1.54, 1.807) is 38.1 Å². The third-order valence-electron chi connectivity index (χ3n) is 5.73. The molecule has 0 radical (unpaired) electrons. The minimum absolute atomic E-state index is 0.223. The number of benzene rings is 1. The Morgan fingerprint density at radius 3 is 2.00 bits per heavy atom. The Morgan fingerprint density at radius 2 is 1.49 bits per heavy atom. The van der Waals surface area contributed by atoms with Gasteiger partial charge in [-0.1, -0.05) is 50.6 Å². The van der Waals surface area contributed by atoms with Crippen molar-refractivity contribution < 1.29 is 39.0 Å². The second kappa shape index (κ2) is 15.2. The Labute approximate surface area is 214 Å². The van der Waals surface area contributed by atoms with Crippen molar-refractivity contribution in [3.63, 3.8) is 0 Å². The van der Waals surface area contributed by atoms with Crippen LogP contribution >= 0.6 is 0 Å². The Morgan fingerprint density at radius 1 is 0.892 bits per heavy atom. The van der Waals surface area contributed by atoms with Crippen LogP contribution in [0.5, 0.6) is 0 Å². The Hall–Kier alpha value is -4.00. The molecular weight excluding hydrogens is 486 g/mol. The third-order valence-corrected chi connectivity index (χ3v) is 5.73. The van der Waals surface area contributed by atoms with Gasteiger partial charge < -0.3 is 37.6 Å². The molecule has 204 valence electrons. The lowest BCUT2D eigenvalue weighted by molar-refractivity contribution is -0.143. The van der Waals surface area contributed by atoms with Gasteiger partial charge in [0.25, 0.3) is 0 Å². The number of hydrogen-bond acceptors (Lipinski definition) is 7. The number of carbonyl (C=O) groups excluding carboxylic acids is 4. The average molecular weight is 522 g/mol. The minimum Gasteiger partial charge on any atom is -0.481 e. The molecule has 0 bridgehead atoms. The van der Waals surface area contributed by atoms with Crippen molar-refractivity contribution in [2.75, 3.05) is 0 Å². The molecule has 0 aliphatic heterocycles. The highest BCUT2D eigenvalue weighted by Crippen LogP contribution is 2.11. The molecule has 0 heterocycles. The number of nitrogens with two attached hydrogens (primary N) is 2. The fourth-order valence-corrected chi connectivity index (χ4v) is 3.39. The van der Waals surface area contributed by atoms with Crippen LogP contribution in [-0.2, 0) is 35.2 Å². The summed E-state index contributed by atoms with van der Waals surface area (Å²) in [5.74, 6) is -6.54. The minimum atomic E-state index is -1.57. The molecule has 1 rings (SSSR count). The van der Waals surface area contributed by atoms with Crippen molar-refractivity contribution >= 4 is 35.6 Å². The highest BCUT2D eigenvalue weighted by molar-refractivity contribution is 5.96. The maximum Gasteiger partial charge on any atom is 0.326 e. The van der Waals surface area contributed by atoms with Gasteiger partial charge in [0.15, 0.2) is 0 Å². The second-order valence-corrected chi connectivity index (χ2v) is 8.73. The van der Waals surface area contributed by atoms with Gasteiger partial charge in [-0.05, 0) is 24.3 Å². The lowest BCUT2D eigenvalue weighted by Gasteiger charge is -2.27. The summed E-state index contributed by atoms with van der Waals surface area (Å²) in [5.41, 5.74) is 12.0.